The summed E-state index contributed by atoms with van der Waals surface area (Å²) in [5.41, 5.74) is 0. The second-order valence-electron chi connectivity index (χ2n) is 4.36. The van der Waals surface area contributed by atoms with E-state index in [2.05, 4.69) is 36.1 Å². The number of hydrogen-bond donors (Lipinski definition) is 1. The lowest BCUT2D eigenvalue weighted by Crippen LogP contribution is -2.24. The van der Waals surface area contributed by atoms with Gasteiger partial charge in [0.15, 0.2) is 0 Å². The van der Waals surface area contributed by atoms with Gasteiger partial charge in [0.1, 0.15) is 6.33 Å². The number of nitrogens with one attached hydrogen (secondary N) is 1. The van der Waals surface area contributed by atoms with Crippen molar-refractivity contribution in [3.05, 3.63) is 18.6 Å². The van der Waals surface area contributed by atoms with E-state index in [1.54, 1.807) is 24.3 Å². The van der Waals surface area contributed by atoms with Gasteiger partial charge in [0.2, 0.25) is 0 Å². The molecule has 0 spiro atoms. The Morgan fingerprint density at radius 1 is 1.38 bits per heavy atom. The Bertz CT molecular complexity index is 277. The van der Waals surface area contributed by atoms with Gasteiger partial charge in [-0.05, 0) is 24.9 Å². The number of nitrogens with zero attached hydrogens (tertiary/aromatic N) is 2. The molecule has 16 heavy (non-hydrogen) atoms. The predicted molar refractivity (Wildman–Crippen MR) is 69.7 cm³/mol. The summed E-state index contributed by atoms with van der Waals surface area (Å²) >= 11 is 1.79. The van der Waals surface area contributed by atoms with E-state index >= 15 is 0 Å². The average Bonchev–Trinajstić information content (AvgIpc) is 2.25. The van der Waals surface area contributed by atoms with Crippen molar-refractivity contribution in [2.24, 2.45) is 5.92 Å². The van der Waals surface area contributed by atoms with Crippen LogP contribution in [0.5, 0.6) is 0 Å². The summed E-state index contributed by atoms with van der Waals surface area (Å²) in [6, 6.07) is 1.95. The molecule has 0 aromatic carbocycles. The van der Waals surface area contributed by atoms with Crippen molar-refractivity contribution in [2.75, 3.05) is 13.1 Å². The Kier molecular flexibility index (Phi) is 6.42. The summed E-state index contributed by atoms with van der Waals surface area (Å²) in [5, 5.41) is 5.07. The van der Waals surface area contributed by atoms with Crippen molar-refractivity contribution in [1.29, 1.82) is 0 Å². The molecule has 0 saturated carbocycles. The topological polar surface area (TPSA) is 37.8 Å². The van der Waals surface area contributed by atoms with Crippen LogP contribution < -0.4 is 5.32 Å². The van der Waals surface area contributed by atoms with Crippen LogP contribution in [0.3, 0.4) is 0 Å². The molecule has 0 aliphatic rings. The lowest BCUT2D eigenvalue weighted by atomic mass is 10.1. The van der Waals surface area contributed by atoms with E-state index < -0.39 is 0 Å². The van der Waals surface area contributed by atoms with E-state index in [1.807, 2.05) is 6.07 Å². The lowest BCUT2D eigenvalue weighted by Gasteiger charge is -2.12. The minimum atomic E-state index is 0.544. The molecule has 0 bridgehead atoms. The Labute approximate surface area is 102 Å². The number of rotatable bonds is 7. The maximum Gasteiger partial charge on any atom is 0.116 e. The molecule has 0 radical (unpaired) electrons. The van der Waals surface area contributed by atoms with Crippen LogP contribution in [0.1, 0.15) is 27.2 Å². The molecule has 1 rings (SSSR count). The fourth-order valence-corrected chi connectivity index (χ4v) is 2.15. The fourth-order valence-electron chi connectivity index (χ4n) is 1.29. The molecule has 1 atom stereocenters. The molecular formula is C12H21N3S. The first-order valence-electron chi connectivity index (χ1n) is 5.82. The molecule has 0 saturated heterocycles. The van der Waals surface area contributed by atoms with E-state index in [4.69, 9.17) is 0 Å². The largest absolute Gasteiger partial charge is 0.316 e. The number of thioether (sulfide) groups is 1. The third kappa shape index (κ3) is 6.08. The maximum atomic E-state index is 4.20. The third-order valence-electron chi connectivity index (χ3n) is 2.21. The Balaban J connectivity index is 2.14. The number of aromatic nitrogens is 2. The fraction of sp³-hybridized carbons (Fsp3) is 0.667. The summed E-state index contributed by atoms with van der Waals surface area (Å²) in [7, 11) is 0. The van der Waals surface area contributed by atoms with Crippen molar-refractivity contribution in [1.82, 2.24) is 15.3 Å². The standard InChI is InChI=1S/C12H21N3S/c1-10(2)4-6-13-8-11(3)16-12-5-7-14-9-15-12/h5,7,9-11,13H,4,6,8H2,1-3H3. The van der Waals surface area contributed by atoms with Gasteiger partial charge in [0.25, 0.3) is 0 Å². The average molecular weight is 239 g/mol. The third-order valence-corrected chi connectivity index (χ3v) is 3.26. The molecule has 3 nitrogen and oxygen atoms in total. The lowest BCUT2D eigenvalue weighted by molar-refractivity contribution is 0.539. The van der Waals surface area contributed by atoms with Crippen molar-refractivity contribution in [3.63, 3.8) is 0 Å². The molecule has 4 heteroatoms. The van der Waals surface area contributed by atoms with Crippen molar-refractivity contribution in [3.8, 4) is 0 Å². The molecule has 1 unspecified atom stereocenters. The molecule has 90 valence electrons. The molecule has 0 amide bonds. The van der Waals surface area contributed by atoms with Crippen LogP contribution in [0.25, 0.3) is 0 Å². The van der Waals surface area contributed by atoms with E-state index in [0.29, 0.717) is 5.25 Å². The molecule has 0 aliphatic heterocycles. The van der Waals surface area contributed by atoms with Gasteiger partial charge in [-0.3, -0.25) is 0 Å². The van der Waals surface area contributed by atoms with Gasteiger partial charge in [-0.1, -0.05) is 20.8 Å². The summed E-state index contributed by atoms with van der Waals surface area (Å²) in [5.74, 6) is 0.775. The first-order valence-corrected chi connectivity index (χ1v) is 6.70. The smallest absolute Gasteiger partial charge is 0.116 e. The molecule has 0 fully saturated rings. The highest BCUT2D eigenvalue weighted by molar-refractivity contribution is 7.99. The van der Waals surface area contributed by atoms with Gasteiger partial charge in [-0.2, -0.15) is 0 Å². The second kappa shape index (κ2) is 7.63. The summed E-state index contributed by atoms with van der Waals surface area (Å²) in [6.07, 6.45) is 4.63. The van der Waals surface area contributed by atoms with Crippen LogP contribution in [-0.4, -0.2) is 28.3 Å². The molecule has 1 N–H and O–H groups in total. The van der Waals surface area contributed by atoms with Crippen LogP contribution in [0, 0.1) is 5.92 Å². The summed E-state index contributed by atoms with van der Waals surface area (Å²) in [6.45, 7) is 8.85. The van der Waals surface area contributed by atoms with E-state index in [9.17, 15) is 0 Å². The van der Waals surface area contributed by atoms with Gasteiger partial charge >= 0.3 is 0 Å². The minimum Gasteiger partial charge on any atom is -0.316 e. The molecule has 1 aromatic heterocycles. The molecular weight excluding hydrogens is 218 g/mol. The summed E-state index contributed by atoms with van der Waals surface area (Å²) < 4.78 is 0. The SMILES string of the molecule is CC(C)CCNCC(C)Sc1ccncn1. The molecule has 1 heterocycles. The Morgan fingerprint density at radius 2 is 2.19 bits per heavy atom. The summed E-state index contributed by atoms with van der Waals surface area (Å²) in [4.78, 5) is 8.11. The van der Waals surface area contributed by atoms with Gasteiger partial charge in [0.05, 0.1) is 5.03 Å². The van der Waals surface area contributed by atoms with Gasteiger partial charge in [-0.15, -0.1) is 11.8 Å². The quantitative estimate of drug-likeness (QED) is 0.451. The maximum absolute atomic E-state index is 4.20. The zero-order chi connectivity index (χ0) is 11.8. The predicted octanol–water partition coefficient (Wildman–Crippen LogP) is 2.59. The van der Waals surface area contributed by atoms with E-state index in [1.165, 1.54) is 6.42 Å². The van der Waals surface area contributed by atoms with Crippen molar-refractivity contribution in [2.45, 2.75) is 37.5 Å². The van der Waals surface area contributed by atoms with Crippen molar-refractivity contribution < 1.29 is 0 Å². The van der Waals surface area contributed by atoms with E-state index in [0.717, 1.165) is 24.0 Å². The van der Waals surface area contributed by atoms with Gasteiger partial charge < -0.3 is 5.32 Å². The van der Waals surface area contributed by atoms with Crippen LogP contribution in [0.2, 0.25) is 0 Å². The van der Waals surface area contributed by atoms with Crippen LogP contribution in [0.15, 0.2) is 23.6 Å². The highest BCUT2D eigenvalue weighted by Gasteiger charge is 2.04. The highest BCUT2D eigenvalue weighted by Crippen LogP contribution is 2.19. The zero-order valence-electron chi connectivity index (χ0n) is 10.3. The zero-order valence-corrected chi connectivity index (χ0v) is 11.1. The first kappa shape index (κ1) is 13.5. The van der Waals surface area contributed by atoms with Crippen LogP contribution in [0.4, 0.5) is 0 Å². The molecule has 1 aromatic rings. The molecule has 0 aliphatic carbocycles. The minimum absolute atomic E-state index is 0.544. The van der Waals surface area contributed by atoms with Crippen LogP contribution in [-0.2, 0) is 0 Å². The van der Waals surface area contributed by atoms with E-state index in [-0.39, 0.29) is 0 Å². The number of hydrogen-bond acceptors (Lipinski definition) is 4. The van der Waals surface area contributed by atoms with Crippen LogP contribution >= 0.6 is 11.8 Å². The Morgan fingerprint density at radius 3 is 2.81 bits per heavy atom. The normalized spacial score (nSPS) is 13.0. The van der Waals surface area contributed by atoms with Crippen molar-refractivity contribution >= 4 is 11.8 Å². The van der Waals surface area contributed by atoms with Gasteiger partial charge in [-0.25, -0.2) is 9.97 Å². The second-order valence-corrected chi connectivity index (χ2v) is 5.82. The highest BCUT2D eigenvalue weighted by atomic mass is 32.2. The monoisotopic (exact) mass is 239 g/mol. The van der Waals surface area contributed by atoms with Gasteiger partial charge in [0, 0.05) is 18.0 Å². The first-order chi connectivity index (χ1) is 7.68. The Hall–Kier alpha value is -0.610.